The summed E-state index contributed by atoms with van der Waals surface area (Å²) in [4.78, 5) is 29.2. The maximum atomic E-state index is 14.8. The molecule has 0 saturated carbocycles. The molecule has 3 aromatic rings. The lowest BCUT2D eigenvalue weighted by Crippen LogP contribution is -2.49. The maximum Gasteiger partial charge on any atom is 0.401 e. The van der Waals surface area contributed by atoms with Crippen molar-refractivity contribution < 1.29 is 36.6 Å². The summed E-state index contributed by atoms with van der Waals surface area (Å²) in [7, 11) is 1.34. The molecule has 8 nitrogen and oxygen atoms in total. The van der Waals surface area contributed by atoms with Crippen LogP contribution in [0.5, 0.6) is 11.5 Å². The molecule has 2 aromatic carbocycles. The van der Waals surface area contributed by atoms with E-state index < -0.39 is 47.2 Å². The van der Waals surface area contributed by atoms with E-state index in [0.717, 1.165) is 13.0 Å². The lowest BCUT2D eigenvalue weighted by Gasteiger charge is -2.33. The van der Waals surface area contributed by atoms with Crippen molar-refractivity contribution >= 4 is 23.4 Å². The summed E-state index contributed by atoms with van der Waals surface area (Å²) >= 11 is 5.93. The first-order valence-corrected chi connectivity index (χ1v) is 13.7. The van der Waals surface area contributed by atoms with Gasteiger partial charge in [-0.05, 0) is 74.9 Å². The van der Waals surface area contributed by atoms with E-state index in [-0.39, 0.29) is 39.2 Å². The number of nitrogens with two attached hydrogens (primary N) is 1. The van der Waals surface area contributed by atoms with E-state index in [1.807, 2.05) is 0 Å². The van der Waals surface area contributed by atoms with Crippen LogP contribution in [0.1, 0.15) is 48.8 Å². The van der Waals surface area contributed by atoms with Crippen molar-refractivity contribution in [3.8, 4) is 22.8 Å². The highest BCUT2D eigenvalue weighted by atomic mass is 35.5. The van der Waals surface area contributed by atoms with Crippen molar-refractivity contribution in [2.75, 3.05) is 20.2 Å². The van der Waals surface area contributed by atoms with Crippen molar-refractivity contribution in [1.82, 2.24) is 15.6 Å². The second-order valence-corrected chi connectivity index (χ2v) is 11.4. The molecule has 0 aliphatic carbocycles. The van der Waals surface area contributed by atoms with Crippen molar-refractivity contribution in [2.24, 2.45) is 5.73 Å². The summed E-state index contributed by atoms with van der Waals surface area (Å²) in [6, 6.07) is 10.6. The second kappa shape index (κ2) is 12.0. The Hall–Kier alpha value is -3.90. The number of rotatable bonds is 9. The van der Waals surface area contributed by atoms with Crippen LogP contribution in [0, 0.1) is 5.82 Å². The average Bonchev–Trinajstić information content (AvgIpc) is 3.35. The fourth-order valence-electron chi connectivity index (χ4n) is 4.43. The number of alkyl halides is 3. The molecular formula is C30H31ClF4N4O4. The van der Waals surface area contributed by atoms with Crippen LogP contribution in [0.15, 0.2) is 48.5 Å². The number of pyridine rings is 1. The van der Waals surface area contributed by atoms with Gasteiger partial charge in [0, 0.05) is 36.2 Å². The number of hydrogen-bond donors (Lipinski definition) is 3. The minimum atomic E-state index is -4.86. The summed E-state index contributed by atoms with van der Waals surface area (Å²) in [6.45, 7) is 3.77. The second-order valence-electron chi connectivity index (χ2n) is 11.0. The third-order valence-corrected chi connectivity index (χ3v) is 7.56. The largest absolute Gasteiger partial charge is 0.493 e. The fraction of sp³-hybridized carbons (Fsp3) is 0.367. The van der Waals surface area contributed by atoms with Crippen molar-refractivity contribution in [1.29, 1.82) is 0 Å². The minimum Gasteiger partial charge on any atom is -0.493 e. The zero-order valence-electron chi connectivity index (χ0n) is 23.9. The van der Waals surface area contributed by atoms with Gasteiger partial charge in [0.25, 0.3) is 11.8 Å². The number of nitrogens with zero attached hydrogens (tertiary/aromatic N) is 1. The number of amides is 2. The molecule has 1 unspecified atom stereocenters. The number of benzene rings is 2. The predicted octanol–water partition coefficient (Wildman–Crippen LogP) is 5.26. The molecule has 4 N–H and O–H groups in total. The molecule has 43 heavy (non-hydrogen) atoms. The molecule has 1 aliphatic heterocycles. The fourth-order valence-corrected chi connectivity index (χ4v) is 4.61. The highest BCUT2D eigenvalue weighted by molar-refractivity contribution is 6.31. The molecule has 2 heterocycles. The maximum absolute atomic E-state index is 14.8. The van der Waals surface area contributed by atoms with Crippen LogP contribution in [0.4, 0.5) is 17.6 Å². The number of methoxy groups -OCH3 is 1. The summed E-state index contributed by atoms with van der Waals surface area (Å²) < 4.78 is 69.1. The lowest BCUT2D eigenvalue weighted by atomic mass is 9.82. The van der Waals surface area contributed by atoms with E-state index in [4.69, 9.17) is 26.8 Å². The molecule has 4 rings (SSSR count). The van der Waals surface area contributed by atoms with Crippen molar-refractivity contribution in [3.05, 3.63) is 76.2 Å². The first kappa shape index (κ1) is 32.0. The molecule has 0 radical (unpaired) electrons. The van der Waals surface area contributed by atoms with Crippen LogP contribution in [-0.4, -0.2) is 49.3 Å². The van der Waals surface area contributed by atoms with Gasteiger partial charge in [-0.2, -0.15) is 13.2 Å². The number of carbonyl (C=O) groups excluding carboxylic acids is 2. The van der Waals surface area contributed by atoms with Crippen LogP contribution < -0.4 is 25.8 Å². The zero-order chi connectivity index (χ0) is 31.7. The molecular weight excluding hydrogens is 592 g/mol. The number of nitrogens with one attached hydrogen (secondary N) is 2. The van der Waals surface area contributed by atoms with Gasteiger partial charge in [-0.1, -0.05) is 11.6 Å². The SMILES string of the molecule is COc1cc(C(=O)NCC(C)(c2cc(C(C)(C)N)cc(-c3ccc(F)c(Cl)c3)n2)C(F)(F)F)ccc1O[C@H]1CCNC1=O. The van der Waals surface area contributed by atoms with Crippen LogP contribution >= 0.6 is 11.6 Å². The smallest absolute Gasteiger partial charge is 0.401 e. The topological polar surface area (TPSA) is 116 Å². The van der Waals surface area contributed by atoms with Gasteiger partial charge in [-0.25, -0.2) is 4.39 Å². The highest BCUT2D eigenvalue weighted by Gasteiger charge is 2.54. The molecule has 1 aromatic heterocycles. The molecule has 2 atom stereocenters. The normalized spacial score (nSPS) is 16.8. The van der Waals surface area contributed by atoms with Crippen LogP contribution in [0.25, 0.3) is 11.3 Å². The predicted molar refractivity (Wildman–Crippen MR) is 153 cm³/mol. The minimum absolute atomic E-state index is 0.0102. The third kappa shape index (κ3) is 6.86. The summed E-state index contributed by atoms with van der Waals surface area (Å²) in [5, 5.41) is 4.80. The van der Waals surface area contributed by atoms with E-state index in [2.05, 4.69) is 15.6 Å². The van der Waals surface area contributed by atoms with Crippen LogP contribution in [0.3, 0.4) is 0 Å². The highest BCUT2D eigenvalue weighted by Crippen LogP contribution is 2.42. The molecule has 230 valence electrons. The molecule has 1 aliphatic rings. The first-order valence-electron chi connectivity index (χ1n) is 13.3. The zero-order valence-corrected chi connectivity index (χ0v) is 24.6. The van der Waals surface area contributed by atoms with Crippen molar-refractivity contribution in [2.45, 2.75) is 50.4 Å². The molecule has 0 bridgehead atoms. The van der Waals surface area contributed by atoms with Gasteiger partial charge in [-0.15, -0.1) is 0 Å². The van der Waals surface area contributed by atoms with Gasteiger partial charge < -0.3 is 25.8 Å². The standard InChI is InChI=1S/C30H31ClF4N4O4/c1-28(2,36)18-13-21(16-5-7-20(32)19(31)11-16)39-25(14-18)29(3,30(33,34)35)15-38-26(40)17-6-8-22(24(12-17)42-4)43-23-9-10-37-27(23)41/h5-8,11-14,23H,9-10,15,36H2,1-4H3,(H,37,41)(H,38,40)/t23-,29?/m0/s1. The monoisotopic (exact) mass is 622 g/mol. The van der Waals surface area contributed by atoms with Gasteiger partial charge in [0.05, 0.1) is 23.5 Å². The lowest BCUT2D eigenvalue weighted by molar-refractivity contribution is -0.184. The van der Waals surface area contributed by atoms with E-state index >= 15 is 0 Å². The van der Waals surface area contributed by atoms with E-state index in [9.17, 15) is 27.2 Å². The average molecular weight is 623 g/mol. The number of hydrogen-bond acceptors (Lipinski definition) is 6. The van der Waals surface area contributed by atoms with E-state index in [1.165, 1.54) is 49.6 Å². The Morgan fingerprint density at radius 3 is 2.42 bits per heavy atom. The van der Waals surface area contributed by atoms with Gasteiger partial charge >= 0.3 is 6.18 Å². The Bertz CT molecular complexity index is 1540. The first-order chi connectivity index (χ1) is 20.0. The molecule has 13 heteroatoms. The Labute approximate surface area is 250 Å². The summed E-state index contributed by atoms with van der Waals surface area (Å²) in [5.74, 6) is -1.44. The number of ether oxygens (including phenoxy) is 2. The Morgan fingerprint density at radius 2 is 1.84 bits per heavy atom. The quantitative estimate of drug-likeness (QED) is 0.281. The molecule has 1 saturated heterocycles. The number of carbonyl (C=O) groups is 2. The van der Waals surface area contributed by atoms with Crippen molar-refractivity contribution in [3.63, 3.8) is 0 Å². The third-order valence-electron chi connectivity index (χ3n) is 7.27. The van der Waals surface area contributed by atoms with Gasteiger partial charge in [0.15, 0.2) is 17.6 Å². The molecule has 0 spiro atoms. The van der Waals surface area contributed by atoms with Gasteiger partial charge in [0.1, 0.15) is 11.2 Å². The molecule has 2 amide bonds. The Kier molecular flexibility index (Phi) is 8.94. The van der Waals surface area contributed by atoms with Gasteiger partial charge in [0.2, 0.25) is 0 Å². The van der Waals surface area contributed by atoms with E-state index in [0.29, 0.717) is 18.5 Å². The van der Waals surface area contributed by atoms with Gasteiger partial charge in [-0.3, -0.25) is 14.6 Å². The summed E-state index contributed by atoms with van der Waals surface area (Å²) in [5.41, 5.74) is 2.88. The van der Waals surface area contributed by atoms with Crippen LogP contribution in [0.2, 0.25) is 5.02 Å². The summed E-state index contributed by atoms with van der Waals surface area (Å²) in [6.07, 6.45) is -5.13. The number of aromatic nitrogens is 1. The van der Waals surface area contributed by atoms with E-state index in [1.54, 1.807) is 13.8 Å². The molecule has 1 fully saturated rings. The van der Waals surface area contributed by atoms with Crippen LogP contribution in [-0.2, 0) is 15.7 Å². The Morgan fingerprint density at radius 1 is 1.12 bits per heavy atom. The number of halogens is 5. The Balaban J connectivity index is 1.66.